The van der Waals surface area contributed by atoms with Gasteiger partial charge in [-0.3, -0.25) is 14.3 Å². The summed E-state index contributed by atoms with van der Waals surface area (Å²) < 4.78 is 1.53. The number of ketones is 2. The number of aromatic hydroxyl groups is 1. The summed E-state index contributed by atoms with van der Waals surface area (Å²) in [6, 6.07) is 7.88. The number of nitrogens with zero attached hydrogens (tertiary/aromatic N) is 3. The summed E-state index contributed by atoms with van der Waals surface area (Å²) in [5.41, 5.74) is 5.22. The fourth-order valence-corrected chi connectivity index (χ4v) is 2.13. The molecule has 0 atom stereocenters. The standard InChI is InChI=1S/C14H16N2O2.C4H8N2O/c1-4-10-5-7-11(8-6-10)13-14(18)12(9(2)17)15-16(13)3;1-4(7)3-6-5-2/h5-8,18H,4H2,1-3H3;3,5H,1-2H3. The van der Waals surface area contributed by atoms with Gasteiger partial charge in [0, 0.05) is 33.5 Å². The van der Waals surface area contributed by atoms with Crippen molar-refractivity contribution in [2.45, 2.75) is 27.2 Å². The lowest BCUT2D eigenvalue weighted by molar-refractivity contribution is -0.110. The van der Waals surface area contributed by atoms with E-state index in [1.165, 1.54) is 30.3 Å². The van der Waals surface area contributed by atoms with Crippen LogP contribution in [0, 0.1) is 0 Å². The van der Waals surface area contributed by atoms with Crippen LogP contribution in [-0.2, 0) is 18.3 Å². The zero-order chi connectivity index (χ0) is 19.0. The number of hydrogen-bond acceptors (Lipinski definition) is 6. The minimum absolute atomic E-state index is 0.0469. The van der Waals surface area contributed by atoms with E-state index in [0.717, 1.165) is 12.0 Å². The van der Waals surface area contributed by atoms with Crippen LogP contribution in [0.1, 0.15) is 36.8 Å². The van der Waals surface area contributed by atoms with Gasteiger partial charge in [-0.15, -0.1) is 0 Å². The van der Waals surface area contributed by atoms with E-state index in [1.54, 1.807) is 14.1 Å². The van der Waals surface area contributed by atoms with Crippen LogP contribution in [0.5, 0.6) is 5.75 Å². The normalized spacial score (nSPS) is 10.3. The molecule has 0 saturated heterocycles. The number of aryl methyl sites for hydroxylation is 2. The van der Waals surface area contributed by atoms with Gasteiger partial charge in [-0.2, -0.15) is 10.2 Å². The average molecular weight is 344 g/mol. The van der Waals surface area contributed by atoms with Crippen LogP contribution < -0.4 is 5.43 Å². The van der Waals surface area contributed by atoms with E-state index in [9.17, 15) is 14.7 Å². The Labute approximate surface area is 147 Å². The number of carbonyl (C=O) groups excluding carboxylic acids is 2. The molecule has 2 N–H and O–H groups in total. The Morgan fingerprint density at radius 1 is 1.28 bits per heavy atom. The highest BCUT2D eigenvalue weighted by Gasteiger charge is 2.19. The first-order valence-electron chi connectivity index (χ1n) is 7.88. The predicted octanol–water partition coefficient (Wildman–Crippen LogP) is 2.34. The summed E-state index contributed by atoms with van der Waals surface area (Å²) in [6.45, 7) is 4.93. The molecule has 0 aliphatic rings. The zero-order valence-corrected chi connectivity index (χ0v) is 15.2. The minimum Gasteiger partial charge on any atom is -0.504 e. The first kappa shape index (κ1) is 20.1. The maximum Gasteiger partial charge on any atom is 0.183 e. The van der Waals surface area contributed by atoms with Gasteiger partial charge >= 0.3 is 0 Å². The van der Waals surface area contributed by atoms with Crippen LogP contribution in [0.2, 0.25) is 0 Å². The molecule has 7 nitrogen and oxygen atoms in total. The quantitative estimate of drug-likeness (QED) is 0.493. The Morgan fingerprint density at radius 3 is 2.24 bits per heavy atom. The third-order valence-electron chi connectivity index (χ3n) is 3.37. The molecule has 134 valence electrons. The fraction of sp³-hybridized carbons (Fsp3) is 0.333. The number of benzene rings is 1. The van der Waals surface area contributed by atoms with Gasteiger partial charge in [0.05, 0.1) is 6.21 Å². The van der Waals surface area contributed by atoms with Crippen LogP contribution >= 0.6 is 0 Å². The Hall–Kier alpha value is -2.96. The van der Waals surface area contributed by atoms with Crippen molar-refractivity contribution in [1.82, 2.24) is 15.2 Å². The molecule has 0 amide bonds. The molecule has 7 heteroatoms. The monoisotopic (exact) mass is 344 g/mol. The van der Waals surface area contributed by atoms with Crippen molar-refractivity contribution < 1.29 is 14.7 Å². The predicted molar refractivity (Wildman–Crippen MR) is 97.9 cm³/mol. The lowest BCUT2D eigenvalue weighted by Crippen LogP contribution is -1.98. The second kappa shape index (κ2) is 9.36. The summed E-state index contributed by atoms with van der Waals surface area (Å²) >= 11 is 0. The number of nitrogens with one attached hydrogen (secondary N) is 1. The minimum atomic E-state index is -0.237. The van der Waals surface area contributed by atoms with Gasteiger partial charge < -0.3 is 10.5 Å². The van der Waals surface area contributed by atoms with Gasteiger partial charge in [-0.05, 0) is 12.0 Å². The first-order chi connectivity index (χ1) is 11.8. The maximum atomic E-state index is 11.3. The SMILES string of the molecule is CCc1ccc(-c2c(O)c(C(C)=O)nn2C)cc1.CNN=CC(C)=O. The Morgan fingerprint density at radius 2 is 1.88 bits per heavy atom. The molecular weight excluding hydrogens is 320 g/mol. The van der Waals surface area contributed by atoms with Crippen molar-refractivity contribution in [2.75, 3.05) is 7.05 Å². The molecular formula is C18H24N4O3. The van der Waals surface area contributed by atoms with E-state index in [2.05, 4.69) is 22.5 Å². The van der Waals surface area contributed by atoms with Gasteiger partial charge in [0.2, 0.25) is 0 Å². The molecule has 0 fully saturated rings. The van der Waals surface area contributed by atoms with E-state index in [-0.39, 0.29) is 23.0 Å². The molecule has 0 saturated carbocycles. The summed E-state index contributed by atoms with van der Waals surface area (Å²) in [7, 11) is 3.36. The van der Waals surface area contributed by atoms with Gasteiger partial charge in [0.1, 0.15) is 5.69 Å². The summed E-state index contributed by atoms with van der Waals surface area (Å²) in [4.78, 5) is 21.3. The van der Waals surface area contributed by atoms with Crippen molar-refractivity contribution >= 4 is 17.8 Å². The van der Waals surface area contributed by atoms with Crippen molar-refractivity contribution in [1.29, 1.82) is 0 Å². The molecule has 2 aromatic rings. The smallest absolute Gasteiger partial charge is 0.183 e. The fourth-order valence-electron chi connectivity index (χ4n) is 2.13. The van der Waals surface area contributed by atoms with Crippen molar-refractivity contribution in [2.24, 2.45) is 12.1 Å². The average Bonchev–Trinajstić information content (AvgIpc) is 2.88. The van der Waals surface area contributed by atoms with Crippen molar-refractivity contribution in [3.05, 3.63) is 35.5 Å². The number of hydrogen-bond donors (Lipinski definition) is 2. The molecule has 0 spiro atoms. The number of carbonyl (C=O) groups is 2. The highest BCUT2D eigenvalue weighted by Crippen LogP contribution is 2.32. The number of hydrazone groups is 1. The summed E-state index contributed by atoms with van der Waals surface area (Å²) in [5, 5.41) is 17.5. The van der Waals surface area contributed by atoms with Crippen LogP contribution in [0.4, 0.5) is 0 Å². The molecule has 1 aromatic heterocycles. The first-order valence-corrected chi connectivity index (χ1v) is 7.88. The molecule has 0 unspecified atom stereocenters. The lowest BCUT2D eigenvalue weighted by atomic mass is 10.1. The molecule has 0 radical (unpaired) electrons. The van der Waals surface area contributed by atoms with Gasteiger partial charge in [0.25, 0.3) is 0 Å². The highest BCUT2D eigenvalue weighted by atomic mass is 16.3. The maximum absolute atomic E-state index is 11.3. The van der Waals surface area contributed by atoms with Crippen LogP contribution in [0.15, 0.2) is 29.4 Å². The molecule has 0 aliphatic heterocycles. The largest absolute Gasteiger partial charge is 0.504 e. The molecule has 0 bridgehead atoms. The van der Waals surface area contributed by atoms with Crippen LogP contribution in [0.25, 0.3) is 11.3 Å². The van der Waals surface area contributed by atoms with Crippen molar-refractivity contribution in [3.8, 4) is 17.0 Å². The summed E-state index contributed by atoms with van der Waals surface area (Å²) in [5.74, 6) is -0.330. The molecule has 0 aliphatic carbocycles. The van der Waals surface area contributed by atoms with E-state index in [4.69, 9.17) is 0 Å². The van der Waals surface area contributed by atoms with E-state index < -0.39 is 0 Å². The Balaban J connectivity index is 0.000000381. The van der Waals surface area contributed by atoms with Gasteiger partial charge in [0.15, 0.2) is 23.0 Å². The number of rotatable bonds is 5. The van der Waals surface area contributed by atoms with E-state index in [0.29, 0.717) is 5.69 Å². The molecule has 2 rings (SSSR count). The van der Waals surface area contributed by atoms with Crippen molar-refractivity contribution in [3.63, 3.8) is 0 Å². The van der Waals surface area contributed by atoms with Crippen LogP contribution in [-0.4, -0.2) is 39.7 Å². The van der Waals surface area contributed by atoms with Gasteiger partial charge in [-0.1, -0.05) is 31.2 Å². The third kappa shape index (κ3) is 5.56. The lowest BCUT2D eigenvalue weighted by Gasteiger charge is -2.04. The molecule has 1 aromatic carbocycles. The third-order valence-corrected chi connectivity index (χ3v) is 3.37. The molecule has 1 heterocycles. The number of Topliss-reactive ketones (excluding diaryl/α,β-unsaturated/α-hetero) is 2. The van der Waals surface area contributed by atoms with E-state index >= 15 is 0 Å². The number of aromatic nitrogens is 2. The zero-order valence-electron chi connectivity index (χ0n) is 15.2. The van der Waals surface area contributed by atoms with Gasteiger partial charge in [-0.25, -0.2) is 0 Å². The second-order valence-electron chi connectivity index (χ2n) is 5.37. The van der Waals surface area contributed by atoms with Crippen LogP contribution in [0.3, 0.4) is 0 Å². The summed E-state index contributed by atoms with van der Waals surface area (Å²) in [6.07, 6.45) is 2.19. The Bertz CT molecular complexity index is 761. The Kier molecular flexibility index (Phi) is 7.52. The van der Waals surface area contributed by atoms with E-state index in [1.807, 2.05) is 24.3 Å². The molecule has 25 heavy (non-hydrogen) atoms. The second-order valence-corrected chi connectivity index (χ2v) is 5.37. The highest BCUT2D eigenvalue weighted by molar-refractivity contribution is 6.26. The topological polar surface area (TPSA) is 96.6 Å².